The Morgan fingerprint density at radius 2 is 2.28 bits per heavy atom. The van der Waals surface area contributed by atoms with Gasteiger partial charge in [0, 0.05) is 46.4 Å². The molecule has 0 spiro atoms. The van der Waals surface area contributed by atoms with Gasteiger partial charge >= 0.3 is 0 Å². The fourth-order valence-electron chi connectivity index (χ4n) is 2.94. The summed E-state index contributed by atoms with van der Waals surface area (Å²) in [5.41, 5.74) is 0. The quantitative estimate of drug-likeness (QED) is 0.757. The van der Waals surface area contributed by atoms with Crippen LogP contribution in [-0.2, 0) is 9.53 Å². The van der Waals surface area contributed by atoms with Crippen molar-refractivity contribution in [2.45, 2.75) is 25.4 Å². The first-order valence-electron chi connectivity index (χ1n) is 6.86. The highest BCUT2D eigenvalue weighted by molar-refractivity contribution is 5.81. The SMILES string of the molecule is CC(C1CCOC1)N1CCNCC1C(=O)N(C)C. The van der Waals surface area contributed by atoms with Crippen molar-refractivity contribution < 1.29 is 9.53 Å². The molecule has 104 valence electrons. The molecule has 2 aliphatic heterocycles. The van der Waals surface area contributed by atoms with Crippen molar-refractivity contribution in [2.75, 3.05) is 46.9 Å². The Bertz CT molecular complexity index is 290. The Hall–Kier alpha value is -0.650. The van der Waals surface area contributed by atoms with E-state index >= 15 is 0 Å². The second-order valence-electron chi connectivity index (χ2n) is 5.55. The summed E-state index contributed by atoms with van der Waals surface area (Å²) in [5.74, 6) is 0.772. The fraction of sp³-hybridized carbons (Fsp3) is 0.923. The van der Waals surface area contributed by atoms with Gasteiger partial charge in [0.1, 0.15) is 6.04 Å². The molecule has 0 aromatic rings. The average molecular weight is 255 g/mol. The number of likely N-dealkylation sites (N-methyl/N-ethyl adjacent to an activating group) is 1. The Morgan fingerprint density at radius 1 is 1.50 bits per heavy atom. The van der Waals surface area contributed by atoms with Crippen molar-refractivity contribution >= 4 is 5.91 Å². The molecule has 3 unspecified atom stereocenters. The molecule has 2 fully saturated rings. The number of piperazine rings is 1. The highest BCUT2D eigenvalue weighted by Crippen LogP contribution is 2.23. The molecule has 0 bridgehead atoms. The molecule has 2 saturated heterocycles. The summed E-state index contributed by atoms with van der Waals surface area (Å²) in [6.45, 7) is 6.62. The van der Waals surface area contributed by atoms with Gasteiger partial charge in [-0.2, -0.15) is 0 Å². The van der Waals surface area contributed by atoms with Crippen LogP contribution in [0.5, 0.6) is 0 Å². The number of nitrogens with zero attached hydrogens (tertiary/aromatic N) is 2. The van der Waals surface area contributed by atoms with Gasteiger partial charge in [-0.05, 0) is 19.3 Å². The number of hydrogen-bond acceptors (Lipinski definition) is 4. The maximum Gasteiger partial charge on any atom is 0.240 e. The van der Waals surface area contributed by atoms with E-state index < -0.39 is 0 Å². The second-order valence-corrected chi connectivity index (χ2v) is 5.55. The molecule has 18 heavy (non-hydrogen) atoms. The summed E-state index contributed by atoms with van der Waals surface area (Å²) in [6, 6.07) is 0.396. The summed E-state index contributed by atoms with van der Waals surface area (Å²) >= 11 is 0. The van der Waals surface area contributed by atoms with Gasteiger partial charge < -0.3 is 15.0 Å². The van der Waals surface area contributed by atoms with Gasteiger partial charge in [-0.15, -0.1) is 0 Å². The Morgan fingerprint density at radius 3 is 2.89 bits per heavy atom. The monoisotopic (exact) mass is 255 g/mol. The molecular formula is C13H25N3O2. The minimum Gasteiger partial charge on any atom is -0.381 e. The second kappa shape index (κ2) is 5.99. The summed E-state index contributed by atoms with van der Waals surface area (Å²) < 4.78 is 5.47. The lowest BCUT2D eigenvalue weighted by Gasteiger charge is -2.42. The van der Waals surface area contributed by atoms with Crippen LogP contribution >= 0.6 is 0 Å². The van der Waals surface area contributed by atoms with Crippen molar-refractivity contribution in [2.24, 2.45) is 5.92 Å². The van der Waals surface area contributed by atoms with Crippen molar-refractivity contribution in [3.63, 3.8) is 0 Å². The van der Waals surface area contributed by atoms with E-state index in [0.717, 1.165) is 39.3 Å². The zero-order valence-corrected chi connectivity index (χ0v) is 11.7. The van der Waals surface area contributed by atoms with Crippen LogP contribution < -0.4 is 5.32 Å². The normalized spacial score (nSPS) is 31.3. The molecular weight excluding hydrogens is 230 g/mol. The highest BCUT2D eigenvalue weighted by Gasteiger charge is 2.36. The van der Waals surface area contributed by atoms with E-state index in [2.05, 4.69) is 17.1 Å². The molecule has 2 rings (SSSR count). The number of nitrogens with one attached hydrogen (secondary N) is 1. The lowest BCUT2D eigenvalue weighted by atomic mass is 9.96. The molecule has 1 amide bonds. The van der Waals surface area contributed by atoms with Gasteiger partial charge in [0.2, 0.25) is 5.91 Å². The third-order valence-corrected chi connectivity index (χ3v) is 4.18. The average Bonchev–Trinajstić information content (AvgIpc) is 2.90. The molecule has 2 heterocycles. The van der Waals surface area contributed by atoms with E-state index in [1.54, 1.807) is 4.90 Å². The number of amides is 1. The van der Waals surface area contributed by atoms with Crippen LogP contribution in [0.25, 0.3) is 0 Å². The van der Waals surface area contributed by atoms with Gasteiger partial charge in [-0.1, -0.05) is 0 Å². The highest BCUT2D eigenvalue weighted by atomic mass is 16.5. The van der Waals surface area contributed by atoms with Crippen LogP contribution in [0.3, 0.4) is 0 Å². The van der Waals surface area contributed by atoms with E-state index in [9.17, 15) is 4.79 Å². The maximum absolute atomic E-state index is 12.2. The van der Waals surface area contributed by atoms with Gasteiger partial charge in [0.05, 0.1) is 6.61 Å². The van der Waals surface area contributed by atoms with Crippen LogP contribution in [0, 0.1) is 5.92 Å². The van der Waals surface area contributed by atoms with Gasteiger partial charge in [-0.25, -0.2) is 0 Å². The zero-order chi connectivity index (χ0) is 13.1. The molecule has 0 radical (unpaired) electrons. The standard InChI is InChI=1S/C13H25N3O2/c1-10(11-4-7-18-9-11)16-6-5-14-8-12(16)13(17)15(2)3/h10-12,14H,4-9H2,1-3H3. The summed E-state index contributed by atoms with van der Waals surface area (Å²) in [7, 11) is 3.66. The van der Waals surface area contributed by atoms with Gasteiger partial charge in [0.15, 0.2) is 0 Å². The molecule has 0 aromatic carbocycles. The molecule has 0 aliphatic carbocycles. The van der Waals surface area contributed by atoms with Gasteiger partial charge in [0.25, 0.3) is 0 Å². The minimum absolute atomic E-state index is 0.0238. The maximum atomic E-state index is 12.2. The number of ether oxygens (including phenoxy) is 1. The van der Waals surface area contributed by atoms with E-state index in [-0.39, 0.29) is 11.9 Å². The first-order chi connectivity index (χ1) is 8.61. The fourth-order valence-corrected chi connectivity index (χ4v) is 2.94. The topological polar surface area (TPSA) is 44.8 Å². The van der Waals surface area contributed by atoms with Crippen LogP contribution in [0.4, 0.5) is 0 Å². The Balaban J connectivity index is 2.04. The summed E-state index contributed by atoms with van der Waals surface area (Å²) in [4.78, 5) is 16.3. The minimum atomic E-state index is -0.0238. The van der Waals surface area contributed by atoms with E-state index in [0.29, 0.717) is 12.0 Å². The van der Waals surface area contributed by atoms with Crippen LogP contribution in [0.1, 0.15) is 13.3 Å². The van der Waals surface area contributed by atoms with Crippen LogP contribution in [0.2, 0.25) is 0 Å². The van der Waals surface area contributed by atoms with E-state index in [1.807, 2.05) is 14.1 Å². The predicted molar refractivity (Wildman–Crippen MR) is 70.4 cm³/mol. The third-order valence-electron chi connectivity index (χ3n) is 4.18. The van der Waals surface area contributed by atoms with Crippen LogP contribution in [0.15, 0.2) is 0 Å². The zero-order valence-electron chi connectivity index (χ0n) is 11.7. The predicted octanol–water partition coefficient (Wildman–Crippen LogP) is -0.227. The Kier molecular flexibility index (Phi) is 4.59. The largest absolute Gasteiger partial charge is 0.381 e. The molecule has 5 heteroatoms. The Labute approximate surface area is 109 Å². The molecule has 2 aliphatic rings. The van der Waals surface area contributed by atoms with Crippen molar-refractivity contribution in [1.82, 2.24) is 15.1 Å². The first-order valence-corrected chi connectivity index (χ1v) is 6.86. The summed E-state index contributed by atoms with van der Waals surface area (Å²) in [5, 5.41) is 3.33. The van der Waals surface area contributed by atoms with Crippen molar-refractivity contribution in [3.8, 4) is 0 Å². The number of hydrogen-bond donors (Lipinski definition) is 1. The summed E-state index contributed by atoms with van der Waals surface area (Å²) in [6.07, 6.45) is 1.12. The van der Waals surface area contributed by atoms with Crippen molar-refractivity contribution in [1.29, 1.82) is 0 Å². The van der Waals surface area contributed by atoms with E-state index in [4.69, 9.17) is 4.74 Å². The first kappa shape index (κ1) is 13.8. The lowest BCUT2D eigenvalue weighted by Crippen LogP contribution is -2.61. The molecule has 5 nitrogen and oxygen atoms in total. The third kappa shape index (κ3) is 2.84. The van der Waals surface area contributed by atoms with Crippen molar-refractivity contribution in [3.05, 3.63) is 0 Å². The van der Waals surface area contributed by atoms with E-state index in [1.165, 1.54) is 0 Å². The number of carbonyl (C=O) groups excluding carboxylic acids is 1. The van der Waals surface area contributed by atoms with Gasteiger partial charge in [-0.3, -0.25) is 9.69 Å². The number of rotatable bonds is 3. The lowest BCUT2D eigenvalue weighted by molar-refractivity contribution is -0.136. The number of carbonyl (C=O) groups is 1. The molecule has 3 atom stereocenters. The molecule has 1 N–H and O–H groups in total. The molecule has 0 aromatic heterocycles. The smallest absolute Gasteiger partial charge is 0.240 e. The van der Waals surface area contributed by atoms with Crippen LogP contribution in [-0.4, -0.2) is 74.7 Å². The molecule has 0 saturated carbocycles.